The van der Waals surface area contributed by atoms with E-state index in [1.165, 1.54) is 0 Å². The second-order valence-corrected chi connectivity index (χ2v) is 4.25. The number of aromatic nitrogens is 1. The van der Waals surface area contributed by atoms with Crippen molar-refractivity contribution in [1.29, 1.82) is 0 Å². The summed E-state index contributed by atoms with van der Waals surface area (Å²) in [6.07, 6.45) is 2.49. The van der Waals surface area contributed by atoms with E-state index in [0.29, 0.717) is 25.4 Å². The Balaban J connectivity index is 2.23. The van der Waals surface area contributed by atoms with Crippen molar-refractivity contribution in [3.8, 4) is 0 Å². The lowest BCUT2D eigenvalue weighted by Crippen LogP contribution is -2.34. The minimum absolute atomic E-state index is 0.0511. The average Bonchev–Trinajstić information content (AvgIpc) is 2.37. The van der Waals surface area contributed by atoms with Crippen molar-refractivity contribution < 1.29 is 14.3 Å². The zero-order valence-corrected chi connectivity index (χ0v) is 10.6. The number of pyridine rings is 1. The molecule has 2 rings (SSSR count). The molecule has 18 heavy (non-hydrogen) atoms. The van der Waals surface area contributed by atoms with E-state index in [9.17, 15) is 9.59 Å². The fourth-order valence-corrected chi connectivity index (χ4v) is 2.02. The van der Waals surface area contributed by atoms with Crippen LogP contribution in [0.3, 0.4) is 0 Å². The van der Waals surface area contributed by atoms with E-state index in [-0.39, 0.29) is 5.91 Å². The summed E-state index contributed by atoms with van der Waals surface area (Å²) in [6, 6.07) is 1.72. The highest BCUT2D eigenvalue weighted by molar-refractivity contribution is 5.87. The van der Waals surface area contributed by atoms with Gasteiger partial charge in [-0.15, -0.1) is 0 Å². The van der Waals surface area contributed by atoms with Crippen molar-refractivity contribution in [1.82, 2.24) is 9.88 Å². The fourth-order valence-electron chi connectivity index (χ4n) is 2.02. The molecule has 1 aromatic heterocycles. The highest BCUT2D eigenvalue weighted by Gasteiger charge is 2.20. The molecule has 0 spiro atoms. The molecular formula is C13H16N2O3. The summed E-state index contributed by atoms with van der Waals surface area (Å²) in [6.45, 7) is 4.89. The SMILES string of the molecule is CCOC(=O)c1cc2c(cn1)CCN(C(C)=O)C2. The van der Waals surface area contributed by atoms with Gasteiger partial charge >= 0.3 is 5.97 Å². The van der Waals surface area contributed by atoms with Gasteiger partial charge in [-0.2, -0.15) is 0 Å². The van der Waals surface area contributed by atoms with Crippen LogP contribution in [-0.2, 0) is 22.5 Å². The van der Waals surface area contributed by atoms with Crippen molar-refractivity contribution in [3.63, 3.8) is 0 Å². The molecule has 0 aromatic carbocycles. The van der Waals surface area contributed by atoms with Crippen LogP contribution in [0.4, 0.5) is 0 Å². The maximum absolute atomic E-state index is 11.6. The van der Waals surface area contributed by atoms with Gasteiger partial charge in [0.15, 0.2) is 0 Å². The second kappa shape index (κ2) is 5.16. The van der Waals surface area contributed by atoms with Gasteiger partial charge in [0, 0.05) is 26.2 Å². The van der Waals surface area contributed by atoms with Crippen LogP contribution >= 0.6 is 0 Å². The molecule has 1 aliphatic heterocycles. The number of fused-ring (bicyclic) bond motifs is 1. The third-order valence-corrected chi connectivity index (χ3v) is 3.03. The van der Waals surface area contributed by atoms with E-state index >= 15 is 0 Å². The van der Waals surface area contributed by atoms with E-state index in [1.807, 2.05) is 0 Å². The van der Waals surface area contributed by atoms with Crippen LogP contribution in [0.5, 0.6) is 0 Å². The molecule has 0 N–H and O–H groups in total. The summed E-state index contributed by atoms with van der Waals surface area (Å²) < 4.78 is 4.91. The minimum atomic E-state index is -0.416. The molecule has 96 valence electrons. The summed E-state index contributed by atoms with van der Waals surface area (Å²) >= 11 is 0. The first-order valence-electron chi connectivity index (χ1n) is 6.02. The smallest absolute Gasteiger partial charge is 0.356 e. The quantitative estimate of drug-likeness (QED) is 0.737. The Labute approximate surface area is 106 Å². The summed E-state index contributed by atoms with van der Waals surface area (Å²) in [5.74, 6) is -0.365. The van der Waals surface area contributed by atoms with Crippen molar-refractivity contribution in [2.24, 2.45) is 0 Å². The summed E-state index contributed by atoms with van der Waals surface area (Å²) in [4.78, 5) is 28.8. The molecule has 0 unspecified atom stereocenters. The number of carbonyl (C=O) groups excluding carboxylic acids is 2. The van der Waals surface area contributed by atoms with Crippen LogP contribution in [0, 0.1) is 0 Å². The first-order chi connectivity index (χ1) is 8.61. The molecule has 0 bridgehead atoms. The van der Waals surface area contributed by atoms with E-state index < -0.39 is 5.97 Å². The Morgan fingerprint density at radius 3 is 2.89 bits per heavy atom. The molecule has 0 aliphatic carbocycles. The molecule has 2 heterocycles. The molecule has 0 atom stereocenters. The van der Waals surface area contributed by atoms with Crippen LogP contribution in [0.15, 0.2) is 12.3 Å². The van der Waals surface area contributed by atoms with Crippen LogP contribution < -0.4 is 0 Å². The Morgan fingerprint density at radius 1 is 1.44 bits per heavy atom. The Morgan fingerprint density at radius 2 is 2.22 bits per heavy atom. The van der Waals surface area contributed by atoms with E-state index in [2.05, 4.69) is 4.98 Å². The number of carbonyl (C=O) groups is 2. The third-order valence-electron chi connectivity index (χ3n) is 3.03. The van der Waals surface area contributed by atoms with Crippen molar-refractivity contribution in [2.45, 2.75) is 26.8 Å². The molecule has 0 saturated carbocycles. The zero-order chi connectivity index (χ0) is 13.1. The van der Waals surface area contributed by atoms with Crippen molar-refractivity contribution >= 4 is 11.9 Å². The zero-order valence-electron chi connectivity index (χ0n) is 10.6. The van der Waals surface area contributed by atoms with Gasteiger partial charge in [0.05, 0.1) is 6.61 Å². The Bertz CT molecular complexity index is 485. The van der Waals surface area contributed by atoms with Crippen molar-refractivity contribution in [2.75, 3.05) is 13.2 Å². The molecule has 0 radical (unpaired) electrons. The van der Waals surface area contributed by atoms with Crippen molar-refractivity contribution in [3.05, 3.63) is 29.1 Å². The summed E-state index contributed by atoms with van der Waals surface area (Å²) in [5, 5.41) is 0. The number of hydrogen-bond donors (Lipinski definition) is 0. The standard InChI is InChI=1S/C13H16N2O3/c1-3-18-13(17)12-6-11-8-15(9(2)16)5-4-10(11)7-14-12/h6-7H,3-5,8H2,1-2H3. The lowest BCUT2D eigenvalue weighted by Gasteiger charge is -2.27. The van der Waals surface area contributed by atoms with Gasteiger partial charge in [-0.1, -0.05) is 0 Å². The third kappa shape index (κ3) is 2.50. The number of nitrogens with zero attached hydrogens (tertiary/aromatic N) is 2. The number of ether oxygens (including phenoxy) is 1. The van der Waals surface area contributed by atoms with Crippen LogP contribution in [-0.4, -0.2) is 34.9 Å². The predicted octanol–water partition coefficient (Wildman–Crippen LogP) is 1.16. The van der Waals surface area contributed by atoms with Gasteiger partial charge in [0.2, 0.25) is 5.91 Å². The van der Waals surface area contributed by atoms with Crippen LogP contribution in [0.2, 0.25) is 0 Å². The molecule has 0 saturated heterocycles. The maximum atomic E-state index is 11.6. The van der Waals surface area contributed by atoms with Crippen LogP contribution in [0.1, 0.15) is 35.5 Å². The fraction of sp³-hybridized carbons (Fsp3) is 0.462. The Hall–Kier alpha value is -1.91. The first-order valence-corrected chi connectivity index (χ1v) is 6.02. The molecule has 1 aliphatic rings. The second-order valence-electron chi connectivity index (χ2n) is 4.25. The Kier molecular flexibility index (Phi) is 3.60. The van der Waals surface area contributed by atoms with Gasteiger partial charge in [-0.25, -0.2) is 9.78 Å². The molecule has 1 aromatic rings. The topological polar surface area (TPSA) is 59.5 Å². The van der Waals surface area contributed by atoms with Gasteiger partial charge < -0.3 is 9.64 Å². The monoisotopic (exact) mass is 248 g/mol. The number of amides is 1. The number of rotatable bonds is 2. The van der Waals surface area contributed by atoms with Crippen LogP contribution in [0.25, 0.3) is 0 Å². The summed E-state index contributed by atoms with van der Waals surface area (Å²) in [7, 11) is 0. The lowest BCUT2D eigenvalue weighted by molar-refractivity contribution is -0.129. The van der Waals surface area contributed by atoms with Gasteiger partial charge in [0.25, 0.3) is 0 Å². The van der Waals surface area contributed by atoms with E-state index in [4.69, 9.17) is 4.74 Å². The largest absolute Gasteiger partial charge is 0.461 e. The predicted molar refractivity (Wildman–Crippen MR) is 65.0 cm³/mol. The average molecular weight is 248 g/mol. The first kappa shape index (κ1) is 12.5. The van der Waals surface area contributed by atoms with Gasteiger partial charge in [0.1, 0.15) is 5.69 Å². The van der Waals surface area contributed by atoms with Gasteiger partial charge in [-0.3, -0.25) is 4.79 Å². The lowest BCUT2D eigenvalue weighted by atomic mass is 10.0. The number of hydrogen-bond acceptors (Lipinski definition) is 4. The molecular weight excluding hydrogens is 232 g/mol. The molecule has 0 fully saturated rings. The highest BCUT2D eigenvalue weighted by atomic mass is 16.5. The van der Waals surface area contributed by atoms with E-state index in [0.717, 1.165) is 17.5 Å². The minimum Gasteiger partial charge on any atom is -0.461 e. The summed E-state index contributed by atoms with van der Waals surface area (Å²) in [5.41, 5.74) is 2.39. The van der Waals surface area contributed by atoms with E-state index in [1.54, 1.807) is 31.0 Å². The number of esters is 1. The molecule has 5 heteroatoms. The highest BCUT2D eigenvalue weighted by Crippen LogP contribution is 2.19. The van der Waals surface area contributed by atoms with Gasteiger partial charge in [-0.05, 0) is 30.5 Å². The normalized spacial score (nSPS) is 14.0. The maximum Gasteiger partial charge on any atom is 0.356 e. The molecule has 1 amide bonds. The molecule has 5 nitrogen and oxygen atoms in total.